The monoisotopic (exact) mass is 269 g/mol. The molecule has 0 saturated carbocycles. The maximum absolute atomic E-state index is 13.3. The van der Waals surface area contributed by atoms with E-state index >= 15 is 0 Å². The first-order valence-corrected chi connectivity index (χ1v) is 6.14. The molecule has 18 heavy (non-hydrogen) atoms. The van der Waals surface area contributed by atoms with Gasteiger partial charge in [0.1, 0.15) is 5.82 Å². The van der Waals surface area contributed by atoms with Crippen molar-refractivity contribution < 1.29 is 4.39 Å². The quantitative estimate of drug-likeness (QED) is 0.826. The van der Waals surface area contributed by atoms with Gasteiger partial charge in [-0.1, -0.05) is 13.8 Å². The molecule has 3 N–H and O–H groups in total. The Kier molecular flexibility index (Phi) is 8.42. The van der Waals surface area contributed by atoms with Crippen LogP contribution in [-0.4, -0.2) is 5.88 Å². The van der Waals surface area contributed by atoms with Crippen LogP contribution in [0.3, 0.4) is 0 Å². The number of benzene rings is 1. The van der Waals surface area contributed by atoms with Crippen LogP contribution >= 0.6 is 11.6 Å². The molecule has 0 atom stereocenters. The largest absolute Gasteiger partial charge is 0.403 e. The first-order valence-electron chi connectivity index (χ1n) is 5.60. The summed E-state index contributed by atoms with van der Waals surface area (Å²) in [5, 5.41) is 11.6. The van der Waals surface area contributed by atoms with E-state index in [2.05, 4.69) is 5.32 Å². The van der Waals surface area contributed by atoms with Gasteiger partial charge in [0.2, 0.25) is 0 Å². The van der Waals surface area contributed by atoms with E-state index in [0.717, 1.165) is 0 Å². The van der Waals surface area contributed by atoms with Gasteiger partial charge in [0.05, 0.1) is 17.5 Å². The topological polar surface area (TPSA) is 61.8 Å². The summed E-state index contributed by atoms with van der Waals surface area (Å²) in [6.45, 7) is 4.25. The normalized spacial score (nSPS) is 10.1. The lowest BCUT2D eigenvalue weighted by Gasteiger charge is -2.08. The number of nitrogens with one attached hydrogen (secondary N) is 1. The van der Waals surface area contributed by atoms with E-state index in [1.54, 1.807) is 0 Å². The minimum atomic E-state index is -0.363. The molecule has 0 heterocycles. The molecule has 1 aromatic carbocycles. The fourth-order valence-corrected chi connectivity index (χ4v) is 1.32. The number of nitriles is 1. The first-order chi connectivity index (χ1) is 8.71. The minimum Gasteiger partial charge on any atom is -0.403 e. The van der Waals surface area contributed by atoms with Crippen molar-refractivity contribution >= 4 is 11.6 Å². The molecule has 0 bridgehead atoms. The van der Waals surface area contributed by atoms with Crippen molar-refractivity contribution in [1.29, 1.82) is 5.26 Å². The number of hydrogen-bond donors (Lipinski definition) is 2. The van der Waals surface area contributed by atoms with Crippen molar-refractivity contribution in [3.8, 4) is 6.07 Å². The molecule has 0 spiro atoms. The van der Waals surface area contributed by atoms with E-state index in [1.165, 1.54) is 24.4 Å². The number of hydrogen-bond acceptors (Lipinski definition) is 3. The molecule has 0 unspecified atom stereocenters. The summed E-state index contributed by atoms with van der Waals surface area (Å²) in [7, 11) is 0. The molecule has 98 valence electrons. The Balaban J connectivity index is 0.00000137. The van der Waals surface area contributed by atoms with Crippen LogP contribution in [0, 0.1) is 17.1 Å². The molecule has 0 aliphatic heterocycles. The van der Waals surface area contributed by atoms with Gasteiger partial charge in [0.15, 0.2) is 0 Å². The molecule has 0 radical (unpaired) electrons. The predicted molar refractivity (Wildman–Crippen MR) is 72.3 cm³/mol. The van der Waals surface area contributed by atoms with Crippen LogP contribution in [0.15, 0.2) is 30.1 Å². The van der Waals surface area contributed by atoms with E-state index in [0.29, 0.717) is 16.8 Å². The molecule has 0 amide bonds. The highest BCUT2D eigenvalue weighted by atomic mass is 35.5. The summed E-state index contributed by atoms with van der Waals surface area (Å²) in [5.74, 6) is -0.131. The van der Waals surface area contributed by atoms with Crippen molar-refractivity contribution in [3.05, 3.63) is 47.0 Å². The summed E-state index contributed by atoms with van der Waals surface area (Å²) in [4.78, 5) is 0. The summed E-state index contributed by atoms with van der Waals surface area (Å²) < 4.78 is 13.3. The molecule has 0 aliphatic rings. The van der Waals surface area contributed by atoms with Gasteiger partial charge in [-0.25, -0.2) is 4.39 Å². The predicted octanol–water partition coefficient (Wildman–Crippen LogP) is 2.85. The van der Waals surface area contributed by atoms with Crippen molar-refractivity contribution in [2.24, 2.45) is 5.73 Å². The van der Waals surface area contributed by atoms with Crippen LogP contribution in [0.4, 0.5) is 4.39 Å². The number of halogens is 2. The third-order valence-electron chi connectivity index (χ3n) is 2.03. The average Bonchev–Trinajstić information content (AvgIpc) is 2.44. The highest BCUT2D eigenvalue weighted by molar-refractivity contribution is 6.19. The van der Waals surface area contributed by atoms with Gasteiger partial charge < -0.3 is 11.1 Å². The van der Waals surface area contributed by atoms with Crippen molar-refractivity contribution in [3.63, 3.8) is 0 Å². The summed E-state index contributed by atoms with van der Waals surface area (Å²) in [6.07, 6.45) is 1.33. The Morgan fingerprint density at radius 3 is 2.72 bits per heavy atom. The fourth-order valence-electron chi connectivity index (χ4n) is 1.14. The second-order valence-electron chi connectivity index (χ2n) is 3.10. The van der Waals surface area contributed by atoms with E-state index in [-0.39, 0.29) is 18.2 Å². The van der Waals surface area contributed by atoms with Gasteiger partial charge in [-0.15, -0.1) is 11.6 Å². The zero-order valence-corrected chi connectivity index (χ0v) is 11.3. The number of allylic oxidation sites excluding steroid dienone is 1. The Morgan fingerprint density at radius 2 is 2.22 bits per heavy atom. The average molecular weight is 270 g/mol. The third kappa shape index (κ3) is 5.07. The smallest absolute Gasteiger partial charge is 0.128 e. The van der Waals surface area contributed by atoms with Crippen molar-refractivity contribution in [2.75, 3.05) is 5.88 Å². The molecule has 5 heteroatoms. The van der Waals surface area contributed by atoms with Crippen molar-refractivity contribution in [2.45, 2.75) is 20.4 Å². The van der Waals surface area contributed by atoms with Crippen molar-refractivity contribution in [1.82, 2.24) is 5.32 Å². The standard InChI is InChI=1S/C11H11ClFN3.C2H6/c12-4-10(6-15)16-7-9-3-8(5-14)1-2-11(9)13;1-2/h1-3,6,16H,4,7,15H2;1-2H3/b10-6-;. The van der Waals surface area contributed by atoms with Gasteiger partial charge in [0, 0.05) is 24.0 Å². The molecule has 0 fully saturated rings. The zero-order chi connectivity index (χ0) is 14.0. The van der Waals surface area contributed by atoms with Crippen LogP contribution in [0.1, 0.15) is 25.0 Å². The molecular formula is C13H17ClFN3. The summed E-state index contributed by atoms with van der Waals surface area (Å²) in [6, 6.07) is 6.14. The van der Waals surface area contributed by atoms with Gasteiger partial charge in [-0.05, 0) is 18.2 Å². The van der Waals surface area contributed by atoms with Gasteiger partial charge in [-0.2, -0.15) is 5.26 Å². The first kappa shape index (κ1) is 16.3. The molecule has 3 nitrogen and oxygen atoms in total. The van der Waals surface area contributed by atoms with Crippen LogP contribution in [-0.2, 0) is 6.54 Å². The maximum Gasteiger partial charge on any atom is 0.128 e. The molecular weight excluding hydrogens is 253 g/mol. The Hall–Kier alpha value is -1.73. The lowest BCUT2D eigenvalue weighted by Crippen LogP contribution is -2.16. The second-order valence-corrected chi connectivity index (χ2v) is 3.36. The van der Waals surface area contributed by atoms with E-state index in [9.17, 15) is 4.39 Å². The molecule has 1 rings (SSSR count). The Morgan fingerprint density at radius 1 is 1.56 bits per heavy atom. The SMILES string of the molecule is CC.N#Cc1ccc(F)c(CN/C(=C\N)CCl)c1. The lowest BCUT2D eigenvalue weighted by molar-refractivity contribution is 0.601. The van der Waals surface area contributed by atoms with Crippen LogP contribution in [0.5, 0.6) is 0 Å². The maximum atomic E-state index is 13.3. The van der Waals surface area contributed by atoms with Crippen LogP contribution < -0.4 is 11.1 Å². The third-order valence-corrected chi connectivity index (χ3v) is 2.31. The number of alkyl halides is 1. The summed E-state index contributed by atoms with van der Waals surface area (Å²) >= 11 is 5.58. The minimum absolute atomic E-state index is 0.232. The molecule has 0 saturated heterocycles. The van der Waals surface area contributed by atoms with Gasteiger partial charge in [0.25, 0.3) is 0 Å². The van der Waals surface area contributed by atoms with Gasteiger partial charge >= 0.3 is 0 Å². The van der Waals surface area contributed by atoms with E-state index in [4.69, 9.17) is 22.6 Å². The Bertz CT molecular complexity index is 438. The molecule has 0 aliphatic carbocycles. The van der Waals surface area contributed by atoms with Gasteiger partial charge in [-0.3, -0.25) is 0 Å². The number of rotatable bonds is 4. The molecule has 1 aromatic rings. The van der Waals surface area contributed by atoms with Crippen LogP contribution in [0.2, 0.25) is 0 Å². The van der Waals surface area contributed by atoms with E-state index in [1.807, 2.05) is 19.9 Å². The highest BCUT2D eigenvalue weighted by Gasteiger charge is 2.04. The lowest BCUT2D eigenvalue weighted by atomic mass is 10.1. The number of nitrogens with two attached hydrogens (primary N) is 1. The second kappa shape index (κ2) is 9.32. The van der Waals surface area contributed by atoms with E-state index < -0.39 is 0 Å². The van der Waals surface area contributed by atoms with Crippen LogP contribution in [0.25, 0.3) is 0 Å². The molecule has 0 aromatic heterocycles. The Labute approximate surface area is 112 Å². The fraction of sp³-hybridized carbons (Fsp3) is 0.308. The zero-order valence-electron chi connectivity index (χ0n) is 10.5. The number of nitrogens with zero attached hydrogens (tertiary/aromatic N) is 1. The highest BCUT2D eigenvalue weighted by Crippen LogP contribution is 2.10. The summed E-state index contributed by atoms with van der Waals surface area (Å²) in [5.41, 5.74) is 6.73.